The van der Waals surface area contributed by atoms with Gasteiger partial charge in [-0.25, -0.2) is 4.79 Å². The standard InChI is InChI=1S/C21H24N2O3/c1-22-15-21(26-20(22)24)11-6-12-23(16-21)14-17-7-5-10-19(13-17)25-18-8-3-2-4-9-18/h2-5,7-10,13H,6,11-12,14-16H2,1H3/t21-/m0/s1. The van der Waals surface area contributed by atoms with Crippen LogP contribution >= 0.6 is 0 Å². The third-order valence-corrected chi connectivity index (χ3v) is 5.04. The normalized spacial score (nSPS) is 23.3. The van der Waals surface area contributed by atoms with Crippen LogP contribution in [0.2, 0.25) is 0 Å². The molecule has 0 saturated carbocycles. The lowest BCUT2D eigenvalue weighted by molar-refractivity contribution is -0.0113. The maximum absolute atomic E-state index is 11.8. The Bertz CT molecular complexity index is 780. The van der Waals surface area contributed by atoms with Crippen molar-refractivity contribution in [3.05, 3.63) is 60.2 Å². The molecule has 0 aliphatic carbocycles. The lowest BCUT2D eigenvalue weighted by atomic mass is 9.92. The van der Waals surface area contributed by atoms with Gasteiger partial charge in [-0.05, 0) is 49.2 Å². The molecule has 1 spiro atoms. The van der Waals surface area contributed by atoms with Crippen molar-refractivity contribution in [2.45, 2.75) is 25.0 Å². The number of nitrogens with zero attached hydrogens (tertiary/aromatic N) is 2. The van der Waals surface area contributed by atoms with Crippen molar-refractivity contribution in [2.75, 3.05) is 26.7 Å². The highest BCUT2D eigenvalue weighted by Gasteiger charge is 2.46. The summed E-state index contributed by atoms with van der Waals surface area (Å²) in [5.74, 6) is 1.68. The highest BCUT2D eigenvalue weighted by molar-refractivity contribution is 5.70. The fourth-order valence-corrected chi connectivity index (χ4v) is 3.92. The number of likely N-dealkylation sites (N-methyl/N-ethyl adjacent to an activating group) is 1. The third kappa shape index (κ3) is 3.68. The summed E-state index contributed by atoms with van der Waals surface area (Å²) in [6.07, 6.45) is 1.78. The van der Waals surface area contributed by atoms with Crippen molar-refractivity contribution < 1.29 is 14.3 Å². The van der Waals surface area contributed by atoms with Gasteiger partial charge in [-0.15, -0.1) is 0 Å². The minimum Gasteiger partial charge on any atom is -0.457 e. The number of amides is 1. The molecule has 0 unspecified atom stereocenters. The van der Waals surface area contributed by atoms with Gasteiger partial charge in [-0.3, -0.25) is 4.90 Å². The average Bonchev–Trinajstić information content (AvgIpc) is 2.89. The van der Waals surface area contributed by atoms with E-state index in [2.05, 4.69) is 17.0 Å². The molecule has 136 valence electrons. The van der Waals surface area contributed by atoms with Crippen LogP contribution in [0, 0.1) is 0 Å². The van der Waals surface area contributed by atoms with Crippen LogP contribution in [0.5, 0.6) is 11.5 Å². The van der Waals surface area contributed by atoms with Gasteiger partial charge in [0.1, 0.15) is 17.1 Å². The average molecular weight is 352 g/mol. The summed E-state index contributed by atoms with van der Waals surface area (Å²) in [6.45, 7) is 3.31. The van der Waals surface area contributed by atoms with E-state index in [-0.39, 0.29) is 11.7 Å². The van der Waals surface area contributed by atoms with Crippen molar-refractivity contribution >= 4 is 6.09 Å². The Morgan fingerprint density at radius 2 is 1.88 bits per heavy atom. The Morgan fingerprint density at radius 1 is 1.08 bits per heavy atom. The summed E-state index contributed by atoms with van der Waals surface area (Å²) in [7, 11) is 1.81. The Labute approximate surface area is 154 Å². The van der Waals surface area contributed by atoms with E-state index in [1.165, 1.54) is 5.56 Å². The number of hydrogen-bond donors (Lipinski definition) is 0. The number of piperidine rings is 1. The second kappa shape index (κ2) is 7.00. The van der Waals surface area contributed by atoms with Crippen LogP contribution in [0.4, 0.5) is 4.79 Å². The highest BCUT2D eigenvalue weighted by Crippen LogP contribution is 2.32. The van der Waals surface area contributed by atoms with Crippen LogP contribution in [0.15, 0.2) is 54.6 Å². The molecule has 5 nitrogen and oxygen atoms in total. The molecule has 4 rings (SSSR count). The van der Waals surface area contributed by atoms with Crippen LogP contribution in [0.3, 0.4) is 0 Å². The molecule has 2 saturated heterocycles. The molecule has 1 atom stereocenters. The Morgan fingerprint density at radius 3 is 2.65 bits per heavy atom. The molecular weight excluding hydrogens is 328 g/mol. The Balaban J connectivity index is 1.42. The van der Waals surface area contributed by atoms with Gasteiger partial charge in [0.05, 0.1) is 6.54 Å². The number of carbonyl (C=O) groups is 1. The molecule has 0 N–H and O–H groups in total. The largest absolute Gasteiger partial charge is 0.457 e. The number of likely N-dealkylation sites (tertiary alicyclic amines) is 1. The highest BCUT2D eigenvalue weighted by atomic mass is 16.6. The molecule has 1 amide bonds. The summed E-state index contributed by atoms with van der Waals surface area (Å²) in [5.41, 5.74) is 0.857. The number of rotatable bonds is 4. The van der Waals surface area contributed by atoms with E-state index >= 15 is 0 Å². The van der Waals surface area contributed by atoms with Crippen molar-refractivity contribution in [3.63, 3.8) is 0 Å². The Kier molecular flexibility index (Phi) is 4.55. The molecule has 2 aromatic rings. The quantitative estimate of drug-likeness (QED) is 0.837. The van der Waals surface area contributed by atoms with E-state index in [4.69, 9.17) is 9.47 Å². The summed E-state index contributed by atoms with van der Waals surface area (Å²) in [4.78, 5) is 15.9. The zero-order chi connectivity index (χ0) is 18.0. The molecule has 0 radical (unpaired) electrons. The SMILES string of the molecule is CN1C[C@]2(CCCN(Cc3cccc(Oc4ccccc4)c3)C2)OC1=O. The van der Waals surface area contributed by atoms with E-state index < -0.39 is 0 Å². The van der Waals surface area contributed by atoms with Gasteiger partial charge < -0.3 is 14.4 Å². The van der Waals surface area contributed by atoms with Crippen LogP contribution in [0.1, 0.15) is 18.4 Å². The maximum Gasteiger partial charge on any atom is 0.410 e. The number of para-hydroxylation sites is 1. The van der Waals surface area contributed by atoms with Gasteiger partial charge in [-0.2, -0.15) is 0 Å². The lowest BCUT2D eigenvalue weighted by Gasteiger charge is -2.38. The monoisotopic (exact) mass is 352 g/mol. The predicted octanol–water partition coefficient (Wildman–Crippen LogP) is 3.90. The lowest BCUT2D eigenvalue weighted by Crippen LogP contribution is -2.50. The van der Waals surface area contributed by atoms with E-state index in [1.54, 1.807) is 11.9 Å². The fourth-order valence-electron chi connectivity index (χ4n) is 3.92. The van der Waals surface area contributed by atoms with Gasteiger partial charge in [0.15, 0.2) is 0 Å². The summed E-state index contributed by atoms with van der Waals surface area (Å²) in [5, 5.41) is 0. The molecule has 2 aliphatic heterocycles. The van der Waals surface area contributed by atoms with E-state index in [9.17, 15) is 4.79 Å². The van der Waals surface area contributed by atoms with E-state index in [0.29, 0.717) is 6.54 Å². The van der Waals surface area contributed by atoms with Crippen molar-refractivity contribution in [2.24, 2.45) is 0 Å². The first-order valence-corrected chi connectivity index (χ1v) is 9.10. The molecule has 26 heavy (non-hydrogen) atoms. The molecule has 0 aromatic heterocycles. The molecule has 2 aromatic carbocycles. The minimum absolute atomic E-state index is 0.204. The molecule has 2 heterocycles. The predicted molar refractivity (Wildman–Crippen MR) is 99.3 cm³/mol. The van der Waals surface area contributed by atoms with E-state index in [1.807, 2.05) is 42.5 Å². The summed E-state index contributed by atoms with van der Waals surface area (Å²) >= 11 is 0. The van der Waals surface area contributed by atoms with Crippen molar-refractivity contribution in [1.82, 2.24) is 9.80 Å². The second-order valence-electron chi connectivity index (χ2n) is 7.28. The van der Waals surface area contributed by atoms with Crippen LogP contribution < -0.4 is 4.74 Å². The van der Waals surface area contributed by atoms with Crippen LogP contribution in [-0.2, 0) is 11.3 Å². The zero-order valence-electron chi connectivity index (χ0n) is 15.1. The number of carbonyl (C=O) groups excluding carboxylic acids is 1. The smallest absolute Gasteiger partial charge is 0.410 e. The molecule has 5 heteroatoms. The second-order valence-corrected chi connectivity index (χ2v) is 7.28. The van der Waals surface area contributed by atoms with Crippen LogP contribution in [-0.4, -0.2) is 48.2 Å². The van der Waals surface area contributed by atoms with Gasteiger partial charge in [-0.1, -0.05) is 30.3 Å². The van der Waals surface area contributed by atoms with Crippen molar-refractivity contribution in [1.29, 1.82) is 0 Å². The first kappa shape index (κ1) is 16.9. The topological polar surface area (TPSA) is 42.0 Å². The van der Waals surface area contributed by atoms with Crippen molar-refractivity contribution in [3.8, 4) is 11.5 Å². The molecular formula is C21H24N2O3. The zero-order valence-corrected chi connectivity index (χ0v) is 15.1. The van der Waals surface area contributed by atoms with Gasteiger partial charge in [0.25, 0.3) is 0 Å². The van der Waals surface area contributed by atoms with Gasteiger partial charge in [0, 0.05) is 20.1 Å². The first-order chi connectivity index (χ1) is 12.6. The van der Waals surface area contributed by atoms with Gasteiger partial charge >= 0.3 is 6.09 Å². The van der Waals surface area contributed by atoms with Gasteiger partial charge in [0.2, 0.25) is 0 Å². The number of ether oxygens (including phenoxy) is 2. The number of benzene rings is 2. The third-order valence-electron chi connectivity index (χ3n) is 5.04. The molecule has 2 fully saturated rings. The first-order valence-electron chi connectivity index (χ1n) is 9.10. The molecule has 0 bridgehead atoms. The van der Waals surface area contributed by atoms with Crippen LogP contribution in [0.25, 0.3) is 0 Å². The Hall–Kier alpha value is -2.53. The minimum atomic E-state index is -0.345. The number of hydrogen-bond acceptors (Lipinski definition) is 4. The summed E-state index contributed by atoms with van der Waals surface area (Å²) in [6, 6.07) is 18.0. The molecule has 2 aliphatic rings. The fraction of sp³-hybridized carbons (Fsp3) is 0.381. The summed E-state index contributed by atoms with van der Waals surface area (Å²) < 4.78 is 11.6. The van der Waals surface area contributed by atoms with E-state index in [0.717, 1.165) is 44.0 Å². The maximum atomic E-state index is 11.8.